The van der Waals surface area contributed by atoms with Crippen molar-refractivity contribution < 1.29 is 13.9 Å². The average Bonchev–Trinajstić information content (AvgIpc) is 2.61. The van der Waals surface area contributed by atoms with E-state index in [0.717, 1.165) is 16.5 Å². The first-order valence-corrected chi connectivity index (χ1v) is 7.87. The molecule has 0 heterocycles. The third kappa shape index (κ3) is 3.71. The van der Waals surface area contributed by atoms with Gasteiger partial charge in [-0.05, 0) is 53.6 Å². The molecule has 3 aromatic carbocycles. The van der Waals surface area contributed by atoms with Crippen molar-refractivity contribution in [2.45, 2.75) is 19.4 Å². The molecule has 1 amide bonds. The van der Waals surface area contributed by atoms with E-state index in [-0.39, 0.29) is 11.7 Å². The van der Waals surface area contributed by atoms with Crippen LogP contribution in [0.2, 0.25) is 0 Å². The van der Waals surface area contributed by atoms with Gasteiger partial charge in [-0.3, -0.25) is 4.79 Å². The highest BCUT2D eigenvalue weighted by atomic mass is 19.1. The van der Waals surface area contributed by atoms with Gasteiger partial charge in [0.25, 0.3) is 5.91 Å². The molecule has 1 atom stereocenters. The predicted octanol–water partition coefficient (Wildman–Crippen LogP) is 4.78. The summed E-state index contributed by atoms with van der Waals surface area (Å²) in [6.45, 7) is 1.87. The smallest absolute Gasteiger partial charge is 0.265 e. The number of rotatable bonds is 5. The van der Waals surface area contributed by atoms with Gasteiger partial charge in [0.2, 0.25) is 0 Å². The molecule has 4 heteroatoms. The van der Waals surface area contributed by atoms with Gasteiger partial charge in [0.1, 0.15) is 11.6 Å². The highest BCUT2D eigenvalue weighted by Gasteiger charge is 2.18. The summed E-state index contributed by atoms with van der Waals surface area (Å²) in [6, 6.07) is 19.4. The number of hydrogen-bond acceptors (Lipinski definition) is 2. The normalized spacial score (nSPS) is 11.9. The number of carbonyl (C=O) groups excluding carboxylic acids is 1. The predicted molar refractivity (Wildman–Crippen MR) is 93.7 cm³/mol. The minimum Gasteiger partial charge on any atom is -0.481 e. The summed E-state index contributed by atoms with van der Waals surface area (Å²) in [5.41, 5.74) is 0.722. The lowest BCUT2D eigenvalue weighted by Gasteiger charge is -2.17. The van der Waals surface area contributed by atoms with Gasteiger partial charge in [0.05, 0.1) is 0 Å². The number of hydrogen-bond donors (Lipinski definition) is 1. The Balaban J connectivity index is 1.72. The van der Waals surface area contributed by atoms with Gasteiger partial charge in [-0.25, -0.2) is 4.39 Å². The number of fused-ring (bicyclic) bond motifs is 1. The van der Waals surface area contributed by atoms with Gasteiger partial charge in [0.15, 0.2) is 6.10 Å². The lowest BCUT2D eigenvalue weighted by atomic mass is 10.1. The molecule has 0 fully saturated rings. The molecule has 0 spiro atoms. The summed E-state index contributed by atoms with van der Waals surface area (Å²) < 4.78 is 18.6. The molecular formula is C20H18FNO2. The van der Waals surface area contributed by atoms with E-state index in [0.29, 0.717) is 12.2 Å². The SMILES string of the molecule is CC[C@@H](Oc1ccc(F)cc1)C(=O)Nc1ccc2ccccc2c1. The molecule has 0 radical (unpaired) electrons. The quantitative estimate of drug-likeness (QED) is 0.734. The molecule has 0 aliphatic heterocycles. The van der Waals surface area contributed by atoms with Crippen LogP contribution in [0.4, 0.5) is 10.1 Å². The van der Waals surface area contributed by atoms with Crippen LogP contribution in [-0.2, 0) is 4.79 Å². The molecule has 0 aliphatic carbocycles. The molecule has 0 saturated carbocycles. The Hall–Kier alpha value is -2.88. The Kier molecular flexibility index (Phi) is 4.75. The van der Waals surface area contributed by atoms with Gasteiger partial charge in [-0.15, -0.1) is 0 Å². The maximum atomic E-state index is 12.9. The van der Waals surface area contributed by atoms with Gasteiger partial charge in [0, 0.05) is 5.69 Å². The van der Waals surface area contributed by atoms with E-state index in [9.17, 15) is 9.18 Å². The number of halogens is 1. The molecule has 0 saturated heterocycles. The molecule has 3 nitrogen and oxygen atoms in total. The molecule has 0 unspecified atom stereocenters. The summed E-state index contributed by atoms with van der Waals surface area (Å²) in [5, 5.41) is 5.05. The number of nitrogens with one attached hydrogen (secondary N) is 1. The van der Waals surface area contributed by atoms with Crippen molar-refractivity contribution in [1.29, 1.82) is 0 Å². The van der Waals surface area contributed by atoms with Crippen LogP contribution in [0.5, 0.6) is 5.75 Å². The first kappa shape index (κ1) is 16.0. The lowest BCUT2D eigenvalue weighted by Crippen LogP contribution is -2.32. The van der Waals surface area contributed by atoms with Crippen molar-refractivity contribution in [1.82, 2.24) is 0 Å². The summed E-state index contributed by atoms with van der Waals surface area (Å²) in [5.74, 6) is -0.0926. The number of anilines is 1. The van der Waals surface area contributed by atoms with Crippen molar-refractivity contribution in [3.63, 3.8) is 0 Å². The maximum absolute atomic E-state index is 12.9. The Morgan fingerprint density at radius 2 is 1.75 bits per heavy atom. The summed E-state index contributed by atoms with van der Waals surface area (Å²) in [6.07, 6.45) is -0.126. The number of carbonyl (C=O) groups is 1. The molecule has 0 bridgehead atoms. The van der Waals surface area contributed by atoms with Crippen LogP contribution in [0.15, 0.2) is 66.7 Å². The summed E-state index contributed by atoms with van der Waals surface area (Å²) in [7, 11) is 0. The zero-order valence-corrected chi connectivity index (χ0v) is 13.3. The number of ether oxygens (including phenoxy) is 1. The fourth-order valence-electron chi connectivity index (χ4n) is 2.49. The zero-order chi connectivity index (χ0) is 16.9. The van der Waals surface area contributed by atoms with Crippen LogP contribution >= 0.6 is 0 Å². The van der Waals surface area contributed by atoms with Gasteiger partial charge >= 0.3 is 0 Å². The molecule has 3 aromatic rings. The van der Waals surface area contributed by atoms with E-state index in [1.165, 1.54) is 24.3 Å². The third-order valence-corrected chi connectivity index (χ3v) is 3.77. The van der Waals surface area contributed by atoms with Crippen LogP contribution in [0, 0.1) is 5.82 Å². The van der Waals surface area contributed by atoms with E-state index >= 15 is 0 Å². The van der Waals surface area contributed by atoms with E-state index < -0.39 is 6.10 Å². The van der Waals surface area contributed by atoms with Gasteiger partial charge < -0.3 is 10.1 Å². The Labute approximate surface area is 140 Å². The Morgan fingerprint density at radius 3 is 2.46 bits per heavy atom. The maximum Gasteiger partial charge on any atom is 0.265 e. The standard InChI is InChI=1S/C20H18FNO2/c1-2-19(24-18-11-8-16(21)9-12-18)20(23)22-17-10-7-14-5-3-4-6-15(14)13-17/h3-13,19H,2H2,1H3,(H,22,23)/t19-/m1/s1. The van der Waals surface area contributed by atoms with Crippen molar-refractivity contribution in [3.8, 4) is 5.75 Å². The van der Waals surface area contributed by atoms with Crippen molar-refractivity contribution in [2.75, 3.05) is 5.32 Å². The minimum absolute atomic E-state index is 0.225. The van der Waals surface area contributed by atoms with Crippen LogP contribution in [0.3, 0.4) is 0 Å². The fraction of sp³-hybridized carbons (Fsp3) is 0.150. The Morgan fingerprint density at radius 1 is 1.04 bits per heavy atom. The topological polar surface area (TPSA) is 38.3 Å². The first-order valence-electron chi connectivity index (χ1n) is 7.87. The van der Waals surface area contributed by atoms with E-state index in [1.54, 1.807) is 0 Å². The molecule has 0 aromatic heterocycles. The summed E-state index contributed by atoms with van der Waals surface area (Å²) >= 11 is 0. The minimum atomic E-state index is -0.637. The zero-order valence-electron chi connectivity index (χ0n) is 13.3. The van der Waals surface area contributed by atoms with Crippen molar-refractivity contribution in [3.05, 3.63) is 72.5 Å². The molecule has 122 valence electrons. The van der Waals surface area contributed by atoms with Gasteiger partial charge in [-0.2, -0.15) is 0 Å². The second kappa shape index (κ2) is 7.13. The van der Waals surface area contributed by atoms with Crippen molar-refractivity contribution >= 4 is 22.4 Å². The number of benzene rings is 3. The first-order chi connectivity index (χ1) is 11.7. The van der Waals surface area contributed by atoms with Crippen LogP contribution in [-0.4, -0.2) is 12.0 Å². The second-order valence-corrected chi connectivity index (χ2v) is 5.52. The summed E-state index contributed by atoms with van der Waals surface area (Å²) in [4.78, 5) is 12.4. The van der Waals surface area contributed by atoms with Gasteiger partial charge in [-0.1, -0.05) is 37.3 Å². The number of amides is 1. The fourth-order valence-corrected chi connectivity index (χ4v) is 2.49. The average molecular weight is 323 g/mol. The molecule has 3 rings (SSSR count). The molecule has 1 N–H and O–H groups in total. The molecule has 24 heavy (non-hydrogen) atoms. The lowest BCUT2D eigenvalue weighted by molar-refractivity contribution is -0.122. The van der Waals surface area contributed by atoms with Crippen LogP contribution in [0.25, 0.3) is 10.8 Å². The van der Waals surface area contributed by atoms with Crippen LogP contribution < -0.4 is 10.1 Å². The molecular weight excluding hydrogens is 305 g/mol. The Bertz CT molecular complexity index is 846. The third-order valence-electron chi connectivity index (χ3n) is 3.77. The van der Waals surface area contributed by atoms with E-state index in [4.69, 9.17) is 4.74 Å². The largest absolute Gasteiger partial charge is 0.481 e. The van der Waals surface area contributed by atoms with Crippen LogP contribution in [0.1, 0.15) is 13.3 Å². The van der Waals surface area contributed by atoms with E-state index in [2.05, 4.69) is 5.32 Å². The van der Waals surface area contributed by atoms with E-state index in [1.807, 2.05) is 49.4 Å². The highest BCUT2D eigenvalue weighted by molar-refractivity contribution is 5.96. The second-order valence-electron chi connectivity index (χ2n) is 5.52. The molecule has 0 aliphatic rings. The monoisotopic (exact) mass is 323 g/mol. The highest BCUT2D eigenvalue weighted by Crippen LogP contribution is 2.20. The van der Waals surface area contributed by atoms with Crippen molar-refractivity contribution in [2.24, 2.45) is 0 Å².